The molecule has 3 saturated carbocycles. The van der Waals surface area contributed by atoms with E-state index in [-0.39, 0.29) is 11.3 Å². The van der Waals surface area contributed by atoms with Crippen LogP contribution in [-0.2, 0) is 0 Å². The molecule has 0 saturated heterocycles. The molecule has 7 atom stereocenters. The normalized spacial score (nSPS) is 35.5. The molecule has 3 aliphatic carbocycles. The zero-order valence-electron chi connectivity index (χ0n) is 22.4. The summed E-state index contributed by atoms with van der Waals surface area (Å²) in [4.78, 5) is 0. The summed E-state index contributed by atoms with van der Waals surface area (Å²) in [5, 5.41) is 41.6. The van der Waals surface area contributed by atoms with Crippen LogP contribution in [0.3, 0.4) is 0 Å². The van der Waals surface area contributed by atoms with Gasteiger partial charge in [0.2, 0.25) is 0 Å². The molecule has 0 bridgehead atoms. The van der Waals surface area contributed by atoms with Crippen molar-refractivity contribution in [3.63, 3.8) is 0 Å². The second kappa shape index (κ2) is 11.8. The summed E-state index contributed by atoms with van der Waals surface area (Å²) in [6, 6.07) is 0. The molecule has 4 N–H and O–H groups in total. The molecule has 0 aliphatic heterocycles. The molecule has 196 valence electrons. The molecule has 0 aromatic heterocycles. The van der Waals surface area contributed by atoms with Crippen molar-refractivity contribution in [3.8, 4) is 11.8 Å². The lowest BCUT2D eigenvalue weighted by Crippen LogP contribution is -2.39. The SMILES string of the molecule is C=C1/C(=C/C=C2\CCC[C@]3(C)[C@@H]([C@H](C)[C@@H](O)C#CCCC(O)(CC)CC)CC[C@@H]23)C[C@@H](O)C[C@@H]1O. The van der Waals surface area contributed by atoms with Crippen LogP contribution in [0.4, 0.5) is 0 Å². The number of aliphatic hydroxyl groups is 4. The Kier molecular flexibility index (Phi) is 9.49. The van der Waals surface area contributed by atoms with E-state index in [0.29, 0.717) is 37.5 Å². The fraction of sp³-hybridized carbons (Fsp3) is 0.742. The van der Waals surface area contributed by atoms with E-state index in [9.17, 15) is 20.4 Å². The monoisotopic (exact) mass is 484 g/mol. The molecular weight excluding hydrogens is 436 g/mol. The summed E-state index contributed by atoms with van der Waals surface area (Å²) >= 11 is 0. The van der Waals surface area contributed by atoms with Gasteiger partial charge < -0.3 is 20.4 Å². The smallest absolute Gasteiger partial charge is 0.117 e. The van der Waals surface area contributed by atoms with Gasteiger partial charge >= 0.3 is 0 Å². The molecule has 0 amide bonds. The Hall–Kier alpha value is -1.38. The number of rotatable bonds is 7. The molecule has 0 unspecified atom stereocenters. The fourth-order valence-electron chi connectivity index (χ4n) is 7.04. The summed E-state index contributed by atoms with van der Waals surface area (Å²) in [6.07, 6.45) is 11.8. The fourth-order valence-corrected chi connectivity index (χ4v) is 7.04. The average molecular weight is 485 g/mol. The molecule has 0 heterocycles. The largest absolute Gasteiger partial charge is 0.393 e. The van der Waals surface area contributed by atoms with Crippen LogP contribution in [0.1, 0.15) is 98.3 Å². The number of aliphatic hydroxyl groups excluding tert-OH is 3. The number of fused-ring (bicyclic) bond motifs is 1. The second-order valence-electron chi connectivity index (χ2n) is 11.7. The minimum Gasteiger partial charge on any atom is -0.393 e. The molecule has 4 heteroatoms. The first kappa shape index (κ1) is 28.2. The summed E-state index contributed by atoms with van der Waals surface area (Å²) in [7, 11) is 0. The Labute approximate surface area is 213 Å². The zero-order chi connectivity index (χ0) is 25.8. The van der Waals surface area contributed by atoms with Gasteiger partial charge in [-0.25, -0.2) is 0 Å². The highest BCUT2D eigenvalue weighted by Crippen LogP contribution is 2.59. The lowest BCUT2D eigenvalue weighted by atomic mass is 9.60. The summed E-state index contributed by atoms with van der Waals surface area (Å²) in [6.45, 7) is 12.6. The third kappa shape index (κ3) is 6.31. The van der Waals surface area contributed by atoms with Gasteiger partial charge in [-0.3, -0.25) is 0 Å². The van der Waals surface area contributed by atoms with Gasteiger partial charge in [0.05, 0.1) is 17.8 Å². The van der Waals surface area contributed by atoms with Gasteiger partial charge in [-0.15, -0.1) is 5.92 Å². The first-order chi connectivity index (χ1) is 16.5. The van der Waals surface area contributed by atoms with Crippen molar-refractivity contribution in [1.82, 2.24) is 0 Å². The Morgan fingerprint density at radius 1 is 1.20 bits per heavy atom. The van der Waals surface area contributed by atoms with Crippen molar-refractivity contribution in [2.75, 3.05) is 0 Å². The van der Waals surface area contributed by atoms with Gasteiger partial charge in [0.25, 0.3) is 0 Å². The van der Waals surface area contributed by atoms with Crippen LogP contribution in [0.25, 0.3) is 0 Å². The molecular formula is C31H48O4. The molecule has 4 nitrogen and oxygen atoms in total. The van der Waals surface area contributed by atoms with Gasteiger partial charge in [0, 0.05) is 12.8 Å². The van der Waals surface area contributed by atoms with Gasteiger partial charge in [-0.05, 0) is 92.1 Å². The van der Waals surface area contributed by atoms with Crippen LogP contribution in [-0.4, -0.2) is 44.3 Å². The second-order valence-corrected chi connectivity index (χ2v) is 11.7. The van der Waals surface area contributed by atoms with Crippen LogP contribution >= 0.6 is 0 Å². The van der Waals surface area contributed by atoms with Gasteiger partial charge in [0.1, 0.15) is 6.10 Å². The van der Waals surface area contributed by atoms with Gasteiger partial charge in [-0.1, -0.05) is 57.9 Å². The number of hydrogen-bond donors (Lipinski definition) is 4. The molecule has 3 fully saturated rings. The molecule has 3 rings (SSSR count). The molecule has 0 spiro atoms. The van der Waals surface area contributed by atoms with E-state index in [1.54, 1.807) is 0 Å². The van der Waals surface area contributed by atoms with E-state index in [2.05, 4.69) is 44.4 Å². The van der Waals surface area contributed by atoms with Crippen LogP contribution in [0, 0.1) is 35.0 Å². The van der Waals surface area contributed by atoms with Gasteiger partial charge in [-0.2, -0.15) is 0 Å². The van der Waals surface area contributed by atoms with E-state index >= 15 is 0 Å². The van der Waals surface area contributed by atoms with Crippen molar-refractivity contribution in [2.45, 2.75) is 122 Å². The van der Waals surface area contributed by atoms with Crippen molar-refractivity contribution in [3.05, 3.63) is 35.5 Å². The predicted molar refractivity (Wildman–Crippen MR) is 142 cm³/mol. The molecule has 0 aromatic rings. The quantitative estimate of drug-likeness (QED) is 0.362. The number of allylic oxidation sites excluding steroid dienone is 3. The molecule has 3 aliphatic rings. The first-order valence-electron chi connectivity index (χ1n) is 13.9. The van der Waals surface area contributed by atoms with E-state index in [4.69, 9.17) is 0 Å². The minimum atomic E-state index is -0.655. The van der Waals surface area contributed by atoms with Crippen molar-refractivity contribution >= 4 is 0 Å². The molecule has 0 radical (unpaired) electrons. The Morgan fingerprint density at radius 3 is 2.60 bits per heavy atom. The van der Waals surface area contributed by atoms with Crippen LogP contribution < -0.4 is 0 Å². The Morgan fingerprint density at radius 2 is 1.91 bits per heavy atom. The molecule has 0 aromatic carbocycles. The van der Waals surface area contributed by atoms with E-state index in [0.717, 1.165) is 49.7 Å². The third-order valence-corrected chi connectivity index (χ3v) is 9.72. The standard InChI is InChI=1S/C31H48O4/c1-6-31(35,7-2)18-9-8-12-28(33)22(4)26-15-16-27-23(11-10-17-30(26,27)5)13-14-24-19-25(32)20-29(34)21(24)3/h13-14,22,25-29,32-35H,3,6-7,9-11,15-20H2,1-2,4-5H3/b23-13+,24-14+/t22-,25+,26+,27-,28-,29-,30+/m0/s1. The Bertz CT molecular complexity index is 870. The van der Waals surface area contributed by atoms with E-state index < -0.39 is 23.9 Å². The average Bonchev–Trinajstić information content (AvgIpc) is 3.19. The lowest BCUT2D eigenvalue weighted by Gasteiger charge is -2.44. The summed E-state index contributed by atoms with van der Waals surface area (Å²) in [5.74, 6) is 7.27. The number of hydrogen-bond acceptors (Lipinski definition) is 4. The summed E-state index contributed by atoms with van der Waals surface area (Å²) < 4.78 is 0. The van der Waals surface area contributed by atoms with Crippen molar-refractivity contribution < 1.29 is 20.4 Å². The maximum atomic E-state index is 10.9. The topological polar surface area (TPSA) is 80.9 Å². The first-order valence-corrected chi connectivity index (χ1v) is 13.9. The van der Waals surface area contributed by atoms with Crippen LogP contribution in [0.5, 0.6) is 0 Å². The van der Waals surface area contributed by atoms with Crippen LogP contribution in [0.2, 0.25) is 0 Å². The highest BCUT2D eigenvalue weighted by Gasteiger charge is 2.51. The van der Waals surface area contributed by atoms with Crippen molar-refractivity contribution in [1.29, 1.82) is 0 Å². The summed E-state index contributed by atoms with van der Waals surface area (Å²) in [5.41, 5.74) is 2.67. The highest BCUT2D eigenvalue weighted by molar-refractivity contribution is 5.38. The lowest BCUT2D eigenvalue weighted by molar-refractivity contribution is 0.0250. The third-order valence-electron chi connectivity index (χ3n) is 9.72. The van der Waals surface area contributed by atoms with Gasteiger partial charge in [0.15, 0.2) is 0 Å². The Balaban J connectivity index is 1.68. The van der Waals surface area contributed by atoms with E-state index in [1.165, 1.54) is 12.0 Å². The highest BCUT2D eigenvalue weighted by atomic mass is 16.3. The van der Waals surface area contributed by atoms with E-state index in [1.807, 2.05) is 13.8 Å². The minimum absolute atomic E-state index is 0.106. The molecule has 35 heavy (non-hydrogen) atoms. The van der Waals surface area contributed by atoms with Crippen LogP contribution in [0.15, 0.2) is 35.5 Å². The van der Waals surface area contributed by atoms with Crippen molar-refractivity contribution in [2.24, 2.45) is 23.2 Å². The maximum Gasteiger partial charge on any atom is 0.117 e. The maximum absolute atomic E-state index is 10.9. The zero-order valence-corrected chi connectivity index (χ0v) is 22.4. The predicted octanol–water partition coefficient (Wildman–Crippen LogP) is 5.46.